The number of carbonyl (C=O) groups excluding carboxylic acids is 4. The Labute approximate surface area is 583 Å². The Kier molecular flexibility index (Phi) is 67.0. The lowest BCUT2D eigenvalue weighted by Gasteiger charge is -2.21. The molecular weight excluding hydrogens is 1260 g/mol. The summed E-state index contributed by atoms with van der Waals surface area (Å²) in [5.41, 5.74) is 0. The van der Waals surface area contributed by atoms with Gasteiger partial charge in [0.1, 0.15) is 19.3 Å². The summed E-state index contributed by atoms with van der Waals surface area (Å²) >= 11 is 0. The topological polar surface area (TPSA) is 237 Å². The molecule has 0 aliphatic carbocycles. The highest BCUT2D eigenvalue weighted by atomic mass is 31.2. The molecule has 0 saturated heterocycles. The maximum absolute atomic E-state index is 13.1. The standard InChI is InChI=1S/C77H136O17P2/c1-5-9-13-17-21-25-29-32-34-35-37-39-43-46-50-54-58-62-75(80)88-68-73(94-77(82)64-60-56-52-48-44-40-36-33-30-26-22-18-14-10-6-2)70-92-96(85,86)90-66-71(78)65-89-95(83,84)91-69-72(93-76(81)63-59-55-51-47-41-28-24-20-16-12-8-4)67-87-74(79)61-57-53-49-45-42-38-31-27-23-19-15-11-7-3/h9,13,20-22,24-27,31-34,36,71-73,78H,5-8,10-12,14-19,23,28-30,35,37-70H2,1-4H3,(H,83,84)(H,85,86)/b13-9-,24-20-,25-21-,26-22-,31-27-,34-32-,36-33-. The Hall–Kier alpha value is -3.76. The van der Waals surface area contributed by atoms with Crippen LogP contribution in [0.4, 0.5) is 0 Å². The monoisotopic (exact) mass is 1390 g/mol. The van der Waals surface area contributed by atoms with Gasteiger partial charge < -0.3 is 33.8 Å². The van der Waals surface area contributed by atoms with Crippen LogP contribution in [0.1, 0.15) is 323 Å². The summed E-state index contributed by atoms with van der Waals surface area (Å²) < 4.78 is 68.4. The summed E-state index contributed by atoms with van der Waals surface area (Å²) in [5.74, 6) is -2.21. The van der Waals surface area contributed by atoms with Gasteiger partial charge in [-0.05, 0) is 135 Å². The lowest BCUT2D eigenvalue weighted by Crippen LogP contribution is -2.30. The fourth-order valence-corrected chi connectivity index (χ4v) is 11.6. The lowest BCUT2D eigenvalue weighted by atomic mass is 10.1. The molecule has 0 saturated carbocycles. The summed E-state index contributed by atoms with van der Waals surface area (Å²) in [7, 11) is -9.95. The smallest absolute Gasteiger partial charge is 0.462 e. The van der Waals surface area contributed by atoms with Crippen LogP contribution in [0.15, 0.2) is 85.1 Å². The van der Waals surface area contributed by atoms with E-state index in [1.54, 1.807) is 0 Å². The molecule has 0 radical (unpaired) electrons. The first-order chi connectivity index (χ1) is 46.7. The van der Waals surface area contributed by atoms with Gasteiger partial charge in [-0.25, -0.2) is 9.13 Å². The van der Waals surface area contributed by atoms with Crippen molar-refractivity contribution in [1.82, 2.24) is 0 Å². The van der Waals surface area contributed by atoms with Crippen LogP contribution in [-0.2, 0) is 65.4 Å². The van der Waals surface area contributed by atoms with Gasteiger partial charge in [0, 0.05) is 25.7 Å². The lowest BCUT2D eigenvalue weighted by molar-refractivity contribution is -0.161. The molecule has 5 unspecified atom stereocenters. The van der Waals surface area contributed by atoms with Gasteiger partial charge in [-0.15, -0.1) is 0 Å². The van der Waals surface area contributed by atoms with E-state index in [9.17, 15) is 43.2 Å². The molecular formula is C77H136O17P2. The highest BCUT2D eigenvalue weighted by Gasteiger charge is 2.30. The van der Waals surface area contributed by atoms with Crippen LogP contribution in [0.5, 0.6) is 0 Å². The van der Waals surface area contributed by atoms with Crippen molar-refractivity contribution in [3.05, 3.63) is 85.1 Å². The van der Waals surface area contributed by atoms with Crippen LogP contribution in [0.25, 0.3) is 0 Å². The molecule has 0 fully saturated rings. The van der Waals surface area contributed by atoms with Crippen LogP contribution in [0.3, 0.4) is 0 Å². The summed E-state index contributed by atoms with van der Waals surface area (Å²) in [6, 6.07) is 0. The molecule has 0 aliphatic rings. The molecule has 19 heteroatoms. The number of phosphoric ester groups is 2. The second-order valence-corrected chi connectivity index (χ2v) is 28.1. The van der Waals surface area contributed by atoms with Crippen molar-refractivity contribution >= 4 is 39.5 Å². The Morgan fingerprint density at radius 2 is 0.552 bits per heavy atom. The van der Waals surface area contributed by atoms with Crippen LogP contribution >= 0.6 is 15.6 Å². The number of rotatable bonds is 71. The largest absolute Gasteiger partial charge is 0.472 e. The zero-order chi connectivity index (χ0) is 70.4. The molecule has 0 aromatic carbocycles. The molecule has 0 aliphatic heterocycles. The predicted molar refractivity (Wildman–Crippen MR) is 390 cm³/mol. The van der Waals surface area contributed by atoms with Crippen LogP contribution in [0, 0.1) is 0 Å². The maximum atomic E-state index is 13.1. The molecule has 0 bridgehead atoms. The highest BCUT2D eigenvalue weighted by Crippen LogP contribution is 2.45. The molecule has 0 aromatic rings. The summed E-state index contributed by atoms with van der Waals surface area (Å²) in [6.45, 7) is 4.66. The maximum Gasteiger partial charge on any atom is 0.472 e. The average Bonchev–Trinajstić information content (AvgIpc) is 2.18. The SMILES string of the molecule is CC/C=C\C/C=C\C/C=C\CCCCCCCCCC(=O)OCC(COP(=O)(O)OCC(O)COP(=O)(O)OCC(COC(=O)CCCCCCC/C=C\CCCCCC)OC(=O)CCCCCCC/C=C\CCCC)OC(=O)CCCCCCC/C=C\C/C=C\CCCCC. The Morgan fingerprint density at radius 3 is 0.896 bits per heavy atom. The minimum atomic E-state index is -4.98. The molecule has 0 amide bonds. The van der Waals surface area contributed by atoms with Crippen molar-refractivity contribution in [1.29, 1.82) is 0 Å². The van der Waals surface area contributed by atoms with Gasteiger partial charge in [0.25, 0.3) is 0 Å². The van der Waals surface area contributed by atoms with E-state index in [0.29, 0.717) is 25.7 Å². The fraction of sp³-hybridized carbons (Fsp3) is 0.766. The average molecular weight is 1400 g/mol. The van der Waals surface area contributed by atoms with Gasteiger partial charge >= 0.3 is 39.5 Å². The Balaban J connectivity index is 5.33. The Bertz CT molecular complexity index is 2160. The third-order valence-electron chi connectivity index (χ3n) is 15.8. The molecule has 96 heavy (non-hydrogen) atoms. The number of aliphatic hydroxyl groups is 1. The molecule has 0 heterocycles. The third-order valence-corrected chi connectivity index (χ3v) is 17.7. The van der Waals surface area contributed by atoms with E-state index in [1.807, 2.05) is 0 Å². The number of hydrogen-bond donors (Lipinski definition) is 3. The van der Waals surface area contributed by atoms with Crippen LogP contribution < -0.4 is 0 Å². The highest BCUT2D eigenvalue weighted by molar-refractivity contribution is 7.47. The van der Waals surface area contributed by atoms with Gasteiger partial charge in [-0.2, -0.15) is 0 Å². The molecule has 0 aromatic heterocycles. The van der Waals surface area contributed by atoms with Crippen LogP contribution in [0.2, 0.25) is 0 Å². The summed E-state index contributed by atoms with van der Waals surface area (Å²) in [4.78, 5) is 72.7. The zero-order valence-corrected chi connectivity index (χ0v) is 62.3. The Morgan fingerprint density at radius 1 is 0.302 bits per heavy atom. The number of hydrogen-bond acceptors (Lipinski definition) is 15. The van der Waals surface area contributed by atoms with E-state index in [0.717, 1.165) is 186 Å². The summed E-state index contributed by atoms with van der Waals surface area (Å²) in [5, 5.41) is 10.6. The molecule has 0 spiro atoms. The molecule has 0 rings (SSSR count). The second-order valence-electron chi connectivity index (χ2n) is 25.2. The van der Waals surface area contributed by atoms with Gasteiger partial charge in [0.05, 0.1) is 26.4 Å². The third kappa shape index (κ3) is 68.8. The summed E-state index contributed by atoms with van der Waals surface area (Å²) in [6.07, 6.45) is 70.0. The number of ether oxygens (including phenoxy) is 4. The minimum Gasteiger partial charge on any atom is -0.462 e. The van der Waals surface area contributed by atoms with E-state index in [1.165, 1.54) is 57.8 Å². The van der Waals surface area contributed by atoms with Gasteiger partial charge in [-0.1, -0.05) is 248 Å². The van der Waals surface area contributed by atoms with Crippen molar-refractivity contribution in [3.63, 3.8) is 0 Å². The quantitative estimate of drug-likeness (QED) is 0.0169. The van der Waals surface area contributed by atoms with Gasteiger partial charge in [0.15, 0.2) is 12.2 Å². The van der Waals surface area contributed by atoms with Crippen molar-refractivity contribution in [2.24, 2.45) is 0 Å². The normalized spacial score (nSPS) is 14.4. The number of aliphatic hydroxyl groups excluding tert-OH is 1. The van der Waals surface area contributed by atoms with Gasteiger partial charge in [-0.3, -0.25) is 37.3 Å². The van der Waals surface area contributed by atoms with Crippen molar-refractivity contribution in [2.45, 2.75) is 341 Å². The fourth-order valence-electron chi connectivity index (χ4n) is 10.0. The van der Waals surface area contributed by atoms with Crippen molar-refractivity contribution in [2.75, 3.05) is 39.6 Å². The molecule has 556 valence electrons. The number of phosphoric acid groups is 2. The van der Waals surface area contributed by atoms with E-state index < -0.39 is 97.5 Å². The first-order valence-electron chi connectivity index (χ1n) is 37.8. The molecule has 5 atom stereocenters. The molecule has 3 N–H and O–H groups in total. The zero-order valence-electron chi connectivity index (χ0n) is 60.5. The number of esters is 4. The van der Waals surface area contributed by atoms with E-state index in [2.05, 4.69) is 113 Å². The van der Waals surface area contributed by atoms with E-state index in [-0.39, 0.29) is 25.7 Å². The van der Waals surface area contributed by atoms with Gasteiger partial charge in [0.2, 0.25) is 0 Å². The van der Waals surface area contributed by atoms with Crippen LogP contribution in [-0.4, -0.2) is 96.7 Å². The van der Waals surface area contributed by atoms with Crippen molar-refractivity contribution < 1.29 is 80.2 Å². The number of unbranched alkanes of at least 4 members (excludes halogenated alkanes) is 31. The van der Waals surface area contributed by atoms with E-state index in [4.69, 9.17) is 37.0 Å². The molecule has 17 nitrogen and oxygen atoms in total. The number of carbonyl (C=O) groups is 4. The first kappa shape index (κ1) is 92.2. The first-order valence-corrected chi connectivity index (χ1v) is 40.8. The van der Waals surface area contributed by atoms with E-state index >= 15 is 0 Å². The second kappa shape index (κ2) is 69.7. The number of allylic oxidation sites excluding steroid dienone is 14. The minimum absolute atomic E-state index is 0.0775. The predicted octanol–water partition coefficient (Wildman–Crippen LogP) is 21.4. The van der Waals surface area contributed by atoms with Crippen molar-refractivity contribution in [3.8, 4) is 0 Å².